The first kappa shape index (κ1) is 18.1. The summed E-state index contributed by atoms with van der Waals surface area (Å²) in [5, 5.41) is 0. The van der Waals surface area contributed by atoms with Gasteiger partial charge < -0.3 is 0 Å². The molecule has 0 amide bonds. The molecule has 0 spiro atoms. The first-order valence-corrected chi connectivity index (χ1v) is 8.98. The van der Waals surface area contributed by atoms with Crippen molar-refractivity contribution in [2.75, 3.05) is 0 Å². The minimum Gasteiger partial charge on any atom is -0.204 e. The molecular weight excluding hydrogens is 326 g/mol. The highest BCUT2D eigenvalue weighted by atomic mass is 19.2. The summed E-state index contributed by atoms with van der Waals surface area (Å²) in [5.74, 6) is -1.63. The van der Waals surface area contributed by atoms with Gasteiger partial charge in [-0.3, -0.25) is 0 Å². The maximum atomic E-state index is 14.6. The van der Waals surface area contributed by atoms with Crippen LogP contribution in [0.2, 0.25) is 0 Å². The Hall–Kier alpha value is -2.74. The molecular formula is C24H22F2. The van der Waals surface area contributed by atoms with Gasteiger partial charge in [-0.05, 0) is 47.6 Å². The van der Waals surface area contributed by atoms with E-state index in [9.17, 15) is 8.78 Å². The molecule has 0 unspecified atom stereocenters. The molecule has 0 aliphatic heterocycles. The number of aryl methyl sites for hydroxylation is 1. The summed E-state index contributed by atoms with van der Waals surface area (Å²) in [7, 11) is 0. The van der Waals surface area contributed by atoms with E-state index in [0.29, 0.717) is 16.7 Å². The minimum atomic E-state index is -0.825. The molecule has 0 radical (unpaired) electrons. The van der Waals surface area contributed by atoms with Crippen molar-refractivity contribution in [1.82, 2.24) is 0 Å². The Morgan fingerprint density at radius 2 is 1.50 bits per heavy atom. The highest BCUT2D eigenvalue weighted by molar-refractivity contribution is 5.84. The summed E-state index contributed by atoms with van der Waals surface area (Å²) in [6.07, 6.45) is 7.29. The molecule has 0 aromatic heterocycles. The Labute approximate surface area is 153 Å². The lowest BCUT2D eigenvalue weighted by atomic mass is 9.93. The zero-order valence-corrected chi connectivity index (χ0v) is 14.9. The molecule has 2 heteroatoms. The fourth-order valence-corrected chi connectivity index (χ4v) is 3.06. The lowest BCUT2D eigenvalue weighted by Gasteiger charge is -2.13. The van der Waals surface area contributed by atoms with Gasteiger partial charge in [-0.15, -0.1) is 0 Å². The second kappa shape index (κ2) is 8.57. The molecule has 0 bridgehead atoms. The van der Waals surface area contributed by atoms with Crippen LogP contribution in [0.15, 0.2) is 78.9 Å². The van der Waals surface area contributed by atoms with Gasteiger partial charge in [-0.25, -0.2) is 8.78 Å². The second-order valence-corrected chi connectivity index (χ2v) is 6.27. The van der Waals surface area contributed by atoms with Gasteiger partial charge in [0.05, 0.1) is 0 Å². The number of hydrogen-bond acceptors (Lipinski definition) is 0. The third-order valence-corrected chi connectivity index (χ3v) is 4.42. The van der Waals surface area contributed by atoms with Crippen LogP contribution in [0, 0.1) is 11.6 Å². The maximum absolute atomic E-state index is 14.6. The van der Waals surface area contributed by atoms with E-state index in [4.69, 9.17) is 0 Å². The number of halogens is 2. The van der Waals surface area contributed by atoms with Crippen molar-refractivity contribution in [3.05, 3.63) is 96.1 Å². The number of allylic oxidation sites excluding steroid dienone is 2. The van der Waals surface area contributed by atoms with Crippen molar-refractivity contribution in [2.24, 2.45) is 0 Å². The SMILES string of the molecule is CCC=CCCc1ccc(-c2c(-c3ccccc3)ccc(F)c2F)cc1. The van der Waals surface area contributed by atoms with Gasteiger partial charge in [0.1, 0.15) is 0 Å². The van der Waals surface area contributed by atoms with Crippen LogP contribution in [0.5, 0.6) is 0 Å². The molecule has 3 rings (SSSR count). The van der Waals surface area contributed by atoms with Crippen LogP contribution >= 0.6 is 0 Å². The quantitative estimate of drug-likeness (QED) is 0.413. The van der Waals surface area contributed by atoms with Crippen molar-refractivity contribution in [1.29, 1.82) is 0 Å². The molecule has 0 N–H and O–H groups in total. The van der Waals surface area contributed by atoms with Gasteiger partial charge in [0.25, 0.3) is 0 Å². The predicted octanol–water partition coefficient (Wildman–Crippen LogP) is 7.20. The van der Waals surface area contributed by atoms with Crippen molar-refractivity contribution >= 4 is 0 Å². The number of rotatable bonds is 6. The number of benzene rings is 3. The van der Waals surface area contributed by atoms with E-state index in [-0.39, 0.29) is 0 Å². The molecule has 0 saturated heterocycles. The Kier molecular flexibility index (Phi) is 5.96. The van der Waals surface area contributed by atoms with Gasteiger partial charge in [-0.1, -0.05) is 79.7 Å². The zero-order chi connectivity index (χ0) is 18.4. The first-order valence-electron chi connectivity index (χ1n) is 8.98. The second-order valence-electron chi connectivity index (χ2n) is 6.27. The molecule has 3 aromatic carbocycles. The Balaban J connectivity index is 1.96. The summed E-state index contributed by atoms with van der Waals surface area (Å²) in [5.41, 5.74) is 3.76. The Morgan fingerprint density at radius 3 is 2.19 bits per heavy atom. The summed E-state index contributed by atoms with van der Waals surface area (Å²) < 4.78 is 28.5. The van der Waals surface area contributed by atoms with E-state index in [1.54, 1.807) is 6.07 Å². The first-order chi connectivity index (χ1) is 12.7. The molecule has 0 nitrogen and oxygen atoms in total. The lowest BCUT2D eigenvalue weighted by molar-refractivity contribution is 0.511. The molecule has 26 heavy (non-hydrogen) atoms. The fourth-order valence-electron chi connectivity index (χ4n) is 3.06. The van der Waals surface area contributed by atoms with Gasteiger partial charge in [0, 0.05) is 5.56 Å². The molecule has 132 valence electrons. The van der Waals surface area contributed by atoms with Gasteiger partial charge in [0.2, 0.25) is 0 Å². The maximum Gasteiger partial charge on any atom is 0.167 e. The molecule has 0 fully saturated rings. The van der Waals surface area contributed by atoms with E-state index in [2.05, 4.69) is 19.1 Å². The average molecular weight is 348 g/mol. The van der Waals surface area contributed by atoms with Gasteiger partial charge in [0.15, 0.2) is 11.6 Å². The van der Waals surface area contributed by atoms with Crippen molar-refractivity contribution in [3.63, 3.8) is 0 Å². The van der Waals surface area contributed by atoms with Crippen LogP contribution in [-0.2, 0) is 6.42 Å². The zero-order valence-electron chi connectivity index (χ0n) is 14.9. The minimum absolute atomic E-state index is 0.314. The van der Waals surface area contributed by atoms with Crippen LogP contribution in [-0.4, -0.2) is 0 Å². The molecule has 0 aliphatic rings. The normalized spacial score (nSPS) is 11.2. The predicted molar refractivity (Wildman–Crippen MR) is 105 cm³/mol. The average Bonchev–Trinajstić information content (AvgIpc) is 2.68. The van der Waals surface area contributed by atoms with E-state index < -0.39 is 11.6 Å². The monoisotopic (exact) mass is 348 g/mol. The van der Waals surface area contributed by atoms with Crippen molar-refractivity contribution < 1.29 is 8.78 Å². The molecule has 0 atom stereocenters. The van der Waals surface area contributed by atoms with E-state index in [0.717, 1.165) is 24.8 Å². The van der Waals surface area contributed by atoms with E-state index in [1.807, 2.05) is 54.6 Å². The molecule has 3 aromatic rings. The van der Waals surface area contributed by atoms with Gasteiger partial charge >= 0.3 is 0 Å². The summed E-state index contributed by atoms with van der Waals surface area (Å²) in [6.45, 7) is 2.11. The van der Waals surface area contributed by atoms with E-state index >= 15 is 0 Å². The molecule has 0 heterocycles. The fraction of sp³-hybridized carbons (Fsp3) is 0.167. The standard InChI is InChI=1S/C24H22F2/c1-2-3-4-6-9-18-12-14-20(15-13-18)23-21(16-17-22(25)24(23)26)19-10-7-5-8-11-19/h3-5,7-8,10-17H,2,6,9H2,1H3. The summed E-state index contributed by atoms with van der Waals surface area (Å²) in [4.78, 5) is 0. The van der Waals surface area contributed by atoms with Crippen LogP contribution in [0.4, 0.5) is 8.78 Å². The topological polar surface area (TPSA) is 0 Å². The molecule has 0 saturated carbocycles. The van der Waals surface area contributed by atoms with Crippen LogP contribution in [0.3, 0.4) is 0 Å². The highest BCUT2D eigenvalue weighted by Crippen LogP contribution is 2.35. The van der Waals surface area contributed by atoms with E-state index in [1.165, 1.54) is 11.6 Å². The lowest BCUT2D eigenvalue weighted by Crippen LogP contribution is -1.94. The smallest absolute Gasteiger partial charge is 0.167 e. The largest absolute Gasteiger partial charge is 0.204 e. The third kappa shape index (κ3) is 4.08. The molecule has 0 aliphatic carbocycles. The van der Waals surface area contributed by atoms with Crippen LogP contribution in [0.1, 0.15) is 25.3 Å². The highest BCUT2D eigenvalue weighted by Gasteiger charge is 2.16. The third-order valence-electron chi connectivity index (χ3n) is 4.42. The van der Waals surface area contributed by atoms with Crippen LogP contribution < -0.4 is 0 Å². The summed E-state index contributed by atoms with van der Waals surface area (Å²) in [6, 6.07) is 20.1. The van der Waals surface area contributed by atoms with Gasteiger partial charge in [-0.2, -0.15) is 0 Å². The van der Waals surface area contributed by atoms with Crippen molar-refractivity contribution in [2.45, 2.75) is 26.2 Å². The Morgan fingerprint density at radius 1 is 0.769 bits per heavy atom. The van der Waals surface area contributed by atoms with Crippen molar-refractivity contribution in [3.8, 4) is 22.3 Å². The number of hydrogen-bond donors (Lipinski definition) is 0. The van der Waals surface area contributed by atoms with Crippen LogP contribution in [0.25, 0.3) is 22.3 Å². The summed E-state index contributed by atoms with van der Waals surface area (Å²) >= 11 is 0. The Bertz CT molecular complexity index is 878.